The molecule has 0 rings (SSSR count). The normalized spacial score (nSPS) is 18.6. The average molecular weight is 304 g/mol. The molecule has 11 heteroatoms. The van der Waals surface area contributed by atoms with E-state index in [4.69, 9.17) is 4.55 Å². The summed E-state index contributed by atoms with van der Waals surface area (Å²) in [5, 5.41) is -6.25. The molecule has 0 aromatic carbocycles. The number of halogens is 6. The monoisotopic (exact) mass is 304 g/mol. The number of hydrogen-bond donors (Lipinski definition) is 1. The van der Waals surface area contributed by atoms with Crippen molar-refractivity contribution in [1.29, 1.82) is 0 Å². The molecule has 0 radical (unpaired) electrons. The molecule has 0 amide bonds. The Labute approximate surface area is 98.7 Å². The van der Waals surface area contributed by atoms with Gasteiger partial charge in [0.05, 0.1) is 5.60 Å². The van der Waals surface area contributed by atoms with E-state index in [0.29, 0.717) is 0 Å². The third-order valence-corrected chi connectivity index (χ3v) is 2.71. The van der Waals surface area contributed by atoms with Gasteiger partial charge in [-0.3, -0.25) is 4.55 Å². The van der Waals surface area contributed by atoms with Gasteiger partial charge in [0.2, 0.25) is 0 Å². The van der Waals surface area contributed by atoms with E-state index in [1.165, 1.54) is 0 Å². The second-order valence-corrected chi connectivity index (χ2v) is 5.81. The standard InChI is InChI=1S/C7H10F6O4S/c1-4(2,3)17-7(12,13)5(8,6(9,10)11)18(14,15)16/h1-3H3,(H,14,15,16). The molecule has 1 N–H and O–H groups in total. The Hall–Kier alpha value is -0.550. The van der Waals surface area contributed by atoms with Crippen molar-refractivity contribution >= 4 is 10.1 Å². The molecule has 0 saturated heterocycles. The van der Waals surface area contributed by atoms with E-state index in [2.05, 4.69) is 4.74 Å². The molecule has 0 aliphatic heterocycles. The van der Waals surface area contributed by atoms with Crippen LogP contribution in [-0.2, 0) is 14.9 Å². The molecule has 0 aromatic rings. The van der Waals surface area contributed by atoms with E-state index >= 15 is 0 Å². The van der Waals surface area contributed by atoms with Crippen LogP contribution in [0.5, 0.6) is 0 Å². The first-order valence-corrected chi connectivity index (χ1v) is 5.70. The highest BCUT2D eigenvalue weighted by Crippen LogP contribution is 2.50. The van der Waals surface area contributed by atoms with Gasteiger partial charge in [-0.25, -0.2) is 4.39 Å². The van der Waals surface area contributed by atoms with Crippen LogP contribution in [0.25, 0.3) is 0 Å². The lowest BCUT2D eigenvalue weighted by molar-refractivity contribution is -0.375. The Bertz CT molecular complexity index is 409. The lowest BCUT2D eigenvalue weighted by Crippen LogP contribution is -2.62. The van der Waals surface area contributed by atoms with Crippen molar-refractivity contribution in [2.45, 2.75) is 43.7 Å². The molecule has 4 nitrogen and oxygen atoms in total. The molecule has 0 aliphatic carbocycles. The number of ether oxygens (including phenoxy) is 1. The first kappa shape index (κ1) is 17.4. The van der Waals surface area contributed by atoms with Crippen LogP contribution in [0.4, 0.5) is 26.3 Å². The maximum Gasteiger partial charge on any atom is 0.449 e. The summed E-state index contributed by atoms with van der Waals surface area (Å²) in [5.41, 5.74) is -1.99. The second-order valence-electron chi connectivity index (χ2n) is 4.30. The van der Waals surface area contributed by atoms with Crippen LogP contribution >= 0.6 is 0 Å². The van der Waals surface area contributed by atoms with E-state index in [1.807, 2.05) is 0 Å². The van der Waals surface area contributed by atoms with Crippen molar-refractivity contribution in [1.82, 2.24) is 0 Å². The van der Waals surface area contributed by atoms with E-state index in [9.17, 15) is 34.8 Å². The summed E-state index contributed by atoms with van der Waals surface area (Å²) in [7, 11) is -6.82. The first-order chi connectivity index (χ1) is 7.46. The molecule has 0 saturated carbocycles. The van der Waals surface area contributed by atoms with Crippen LogP contribution in [0.3, 0.4) is 0 Å². The van der Waals surface area contributed by atoms with Gasteiger partial charge >= 0.3 is 27.4 Å². The van der Waals surface area contributed by atoms with E-state index in [0.717, 1.165) is 20.8 Å². The summed E-state index contributed by atoms with van der Waals surface area (Å²) in [4.78, 5) is 0. The van der Waals surface area contributed by atoms with E-state index < -0.39 is 33.0 Å². The third kappa shape index (κ3) is 3.06. The van der Waals surface area contributed by atoms with Gasteiger partial charge in [0.15, 0.2) is 0 Å². The zero-order valence-electron chi connectivity index (χ0n) is 9.35. The van der Waals surface area contributed by atoms with Crippen molar-refractivity contribution in [3.63, 3.8) is 0 Å². The molecule has 0 aromatic heterocycles. The predicted molar refractivity (Wildman–Crippen MR) is 47.2 cm³/mol. The molecular formula is C7H10F6O4S. The fourth-order valence-electron chi connectivity index (χ4n) is 0.912. The topological polar surface area (TPSA) is 63.6 Å². The number of alkyl halides is 6. The summed E-state index contributed by atoms with van der Waals surface area (Å²) in [6.45, 7) is 2.55. The van der Waals surface area contributed by atoms with Gasteiger partial charge in [-0.15, -0.1) is 0 Å². The van der Waals surface area contributed by atoms with Gasteiger partial charge in [-0.05, 0) is 20.8 Å². The number of rotatable bonds is 3. The molecule has 0 bridgehead atoms. The summed E-state index contributed by atoms with van der Waals surface area (Å²) >= 11 is 0. The van der Waals surface area contributed by atoms with Crippen LogP contribution < -0.4 is 0 Å². The average Bonchev–Trinajstić information content (AvgIpc) is 1.92. The highest BCUT2D eigenvalue weighted by atomic mass is 32.2. The maximum absolute atomic E-state index is 13.3. The first-order valence-electron chi connectivity index (χ1n) is 4.26. The van der Waals surface area contributed by atoms with Gasteiger partial charge in [0.1, 0.15) is 0 Å². The predicted octanol–water partition coefficient (Wildman–Crippen LogP) is 2.51. The van der Waals surface area contributed by atoms with Crippen LogP contribution in [-0.4, -0.2) is 35.9 Å². The third-order valence-electron chi connectivity index (χ3n) is 1.53. The molecule has 18 heavy (non-hydrogen) atoms. The van der Waals surface area contributed by atoms with Crippen molar-refractivity contribution in [2.24, 2.45) is 0 Å². The highest BCUT2D eigenvalue weighted by molar-refractivity contribution is 7.87. The summed E-state index contributed by atoms with van der Waals surface area (Å²) < 4.78 is 108. The van der Waals surface area contributed by atoms with Crippen LogP contribution in [0.1, 0.15) is 20.8 Å². The Morgan fingerprint density at radius 2 is 1.28 bits per heavy atom. The molecule has 1 atom stereocenters. The highest BCUT2D eigenvalue weighted by Gasteiger charge is 2.81. The summed E-state index contributed by atoms with van der Waals surface area (Å²) in [6.07, 6.45) is -12.4. The summed E-state index contributed by atoms with van der Waals surface area (Å²) in [5.74, 6) is 0. The maximum atomic E-state index is 13.3. The molecule has 1 unspecified atom stereocenters. The Kier molecular flexibility index (Phi) is 4.11. The molecule has 0 heterocycles. The minimum absolute atomic E-state index is 0.849. The van der Waals surface area contributed by atoms with Gasteiger partial charge in [-0.2, -0.15) is 30.4 Å². The Morgan fingerprint density at radius 3 is 1.44 bits per heavy atom. The fourth-order valence-corrected chi connectivity index (χ4v) is 1.55. The van der Waals surface area contributed by atoms with Crippen molar-refractivity contribution in [3.05, 3.63) is 0 Å². The molecule has 110 valence electrons. The SMILES string of the molecule is CC(C)(C)OC(F)(F)C(F)(C(F)(F)F)S(=O)(=O)O. The largest absolute Gasteiger partial charge is 0.449 e. The van der Waals surface area contributed by atoms with E-state index in [1.54, 1.807) is 0 Å². The Morgan fingerprint density at radius 1 is 0.944 bits per heavy atom. The van der Waals surface area contributed by atoms with Crippen LogP contribution in [0, 0.1) is 0 Å². The zero-order valence-corrected chi connectivity index (χ0v) is 10.2. The molecule has 0 spiro atoms. The van der Waals surface area contributed by atoms with Crippen molar-refractivity contribution < 1.29 is 44.0 Å². The smallest absolute Gasteiger partial charge is 0.311 e. The molecular weight excluding hydrogens is 294 g/mol. The fraction of sp³-hybridized carbons (Fsp3) is 1.00. The Balaban J connectivity index is 5.94. The lowest BCUT2D eigenvalue weighted by Gasteiger charge is -2.35. The second kappa shape index (κ2) is 4.23. The minimum Gasteiger partial charge on any atom is -0.311 e. The van der Waals surface area contributed by atoms with Crippen LogP contribution in [0.2, 0.25) is 0 Å². The van der Waals surface area contributed by atoms with Gasteiger partial charge in [-0.1, -0.05) is 0 Å². The summed E-state index contributed by atoms with van der Waals surface area (Å²) in [6, 6.07) is 0. The lowest BCUT2D eigenvalue weighted by atomic mass is 10.2. The van der Waals surface area contributed by atoms with Gasteiger partial charge in [0, 0.05) is 0 Å². The zero-order chi connectivity index (χ0) is 15.2. The quantitative estimate of drug-likeness (QED) is 0.643. The molecule has 0 aliphatic rings. The van der Waals surface area contributed by atoms with Crippen LogP contribution in [0.15, 0.2) is 0 Å². The van der Waals surface area contributed by atoms with Gasteiger partial charge in [0.25, 0.3) is 0 Å². The molecule has 0 fully saturated rings. The van der Waals surface area contributed by atoms with Crippen molar-refractivity contribution in [3.8, 4) is 0 Å². The van der Waals surface area contributed by atoms with E-state index in [-0.39, 0.29) is 0 Å². The van der Waals surface area contributed by atoms with Crippen molar-refractivity contribution in [2.75, 3.05) is 0 Å². The number of hydrogen-bond acceptors (Lipinski definition) is 3. The van der Waals surface area contributed by atoms with Gasteiger partial charge < -0.3 is 4.74 Å². The minimum atomic E-state index is -6.82.